The average Bonchev–Trinajstić information content (AvgIpc) is 2.54. The van der Waals surface area contributed by atoms with Crippen molar-refractivity contribution in [3.63, 3.8) is 0 Å². The average molecular weight is 313 g/mol. The summed E-state index contributed by atoms with van der Waals surface area (Å²) in [5.74, 6) is 3.40. The highest BCUT2D eigenvalue weighted by Crippen LogP contribution is 2.41. The molecule has 0 aliphatic heterocycles. The smallest absolute Gasteiger partial charge is 0.120 e. The van der Waals surface area contributed by atoms with E-state index in [1.54, 1.807) is 6.08 Å². The molecule has 1 fully saturated rings. The van der Waals surface area contributed by atoms with Gasteiger partial charge in [-0.3, -0.25) is 0 Å². The van der Waals surface area contributed by atoms with Gasteiger partial charge in [-0.05, 0) is 49.9 Å². The molecule has 0 amide bonds. The summed E-state index contributed by atoms with van der Waals surface area (Å²) in [6.45, 7) is 20.3. The number of rotatable bonds is 5. The molecular weight excluding hydrogens is 268 g/mol. The van der Waals surface area contributed by atoms with Crippen LogP contribution in [0.15, 0.2) is 12.7 Å². The quantitative estimate of drug-likeness (QED) is 0.384. The maximum Gasteiger partial charge on any atom is 0.120 e. The van der Waals surface area contributed by atoms with Gasteiger partial charge in [0.2, 0.25) is 0 Å². The van der Waals surface area contributed by atoms with E-state index in [9.17, 15) is 4.79 Å². The van der Waals surface area contributed by atoms with Gasteiger partial charge in [0.05, 0.1) is 0 Å². The Kier molecular flexibility index (Phi) is 24.4. The van der Waals surface area contributed by atoms with Crippen LogP contribution in [0.25, 0.3) is 0 Å². The van der Waals surface area contributed by atoms with Crippen LogP contribution in [0.2, 0.25) is 0 Å². The number of allylic oxidation sites excluding steroid dienone is 1. The summed E-state index contributed by atoms with van der Waals surface area (Å²) in [7, 11) is 0. The first-order chi connectivity index (χ1) is 10.6. The zero-order valence-electron chi connectivity index (χ0n) is 16.8. The number of carbonyl (C=O) groups excluding carboxylic acids is 1. The van der Waals surface area contributed by atoms with Gasteiger partial charge in [-0.25, -0.2) is 0 Å². The Bertz CT molecular complexity index is 222. The molecule has 134 valence electrons. The van der Waals surface area contributed by atoms with Crippen molar-refractivity contribution < 1.29 is 4.79 Å². The van der Waals surface area contributed by atoms with Crippen molar-refractivity contribution in [2.24, 2.45) is 23.7 Å². The van der Waals surface area contributed by atoms with Crippen molar-refractivity contribution in [1.29, 1.82) is 0 Å². The second-order valence-corrected chi connectivity index (χ2v) is 5.87. The fourth-order valence-corrected chi connectivity index (χ4v) is 3.25. The van der Waals surface area contributed by atoms with Crippen LogP contribution in [0.4, 0.5) is 0 Å². The highest BCUT2D eigenvalue weighted by molar-refractivity contribution is 5.49. The molecule has 0 N–H and O–H groups in total. The van der Waals surface area contributed by atoms with E-state index in [0.29, 0.717) is 0 Å². The Hall–Kier alpha value is -0.590. The van der Waals surface area contributed by atoms with Gasteiger partial charge in [0.15, 0.2) is 0 Å². The van der Waals surface area contributed by atoms with Crippen LogP contribution in [0, 0.1) is 23.7 Å². The lowest BCUT2D eigenvalue weighted by atomic mass is 9.67. The summed E-state index contributed by atoms with van der Waals surface area (Å²) in [6.07, 6.45) is 10.2. The molecule has 1 saturated carbocycles. The molecule has 4 unspecified atom stereocenters. The first kappa shape index (κ1) is 26.3. The van der Waals surface area contributed by atoms with Gasteiger partial charge in [-0.15, -0.1) is 6.58 Å². The van der Waals surface area contributed by atoms with Crippen molar-refractivity contribution >= 4 is 6.29 Å². The van der Waals surface area contributed by atoms with Crippen molar-refractivity contribution in [2.75, 3.05) is 0 Å². The van der Waals surface area contributed by atoms with Crippen LogP contribution in [-0.2, 0) is 4.79 Å². The third-order valence-electron chi connectivity index (χ3n) is 4.33. The third kappa shape index (κ3) is 13.1. The number of aldehydes is 1. The highest BCUT2D eigenvalue weighted by Gasteiger charge is 2.31. The topological polar surface area (TPSA) is 17.1 Å². The van der Waals surface area contributed by atoms with E-state index in [4.69, 9.17) is 0 Å². The second-order valence-electron chi connectivity index (χ2n) is 5.87. The molecular formula is C21H44O. The zero-order valence-corrected chi connectivity index (χ0v) is 16.8. The van der Waals surface area contributed by atoms with E-state index in [-0.39, 0.29) is 0 Å². The van der Waals surface area contributed by atoms with E-state index in [1.165, 1.54) is 25.7 Å². The van der Waals surface area contributed by atoms with E-state index in [2.05, 4.69) is 27.4 Å². The van der Waals surface area contributed by atoms with E-state index in [1.807, 2.05) is 34.6 Å². The SMILES string of the molecule is C=CC.CC.CC.CCCC1CC(C)C(C)C(CCC=O)C1. The van der Waals surface area contributed by atoms with E-state index in [0.717, 1.165) is 42.8 Å². The molecule has 0 radical (unpaired) electrons. The maximum absolute atomic E-state index is 10.4. The molecule has 1 nitrogen and oxygen atoms in total. The van der Waals surface area contributed by atoms with E-state index < -0.39 is 0 Å². The molecule has 1 aliphatic rings. The van der Waals surface area contributed by atoms with Crippen LogP contribution in [0.5, 0.6) is 0 Å². The summed E-state index contributed by atoms with van der Waals surface area (Å²) >= 11 is 0. The molecule has 0 aromatic heterocycles. The molecule has 0 spiro atoms. The first-order valence-corrected chi connectivity index (χ1v) is 9.61. The standard InChI is InChI=1S/C14H26O.C3H6.2C2H6/c1-4-6-13-9-11(2)12(3)14(10-13)7-5-8-15;1-3-2;2*1-2/h8,11-14H,4-7,9-10H2,1-3H3;3H,1H2,2H3;2*1-2H3. The van der Waals surface area contributed by atoms with Crippen molar-refractivity contribution in [3.8, 4) is 0 Å². The lowest BCUT2D eigenvalue weighted by Gasteiger charge is -2.39. The summed E-state index contributed by atoms with van der Waals surface area (Å²) in [5, 5.41) is 0. The molecule has 4 atom stereocenters. The molecule has 22 heavy (non-hydrogen) atoms. The number of carbonyl (C=O) groups is 1. The summed E-state index contributed by atoms with van der Waals surface area (Å²) < 4.78 is 0. The van der Waals surface area contributed by atoms with Crippen LogP contribution >= 0.6 is 0 Å². The summed E-state index contributed by atoms with van der Waals surface area (Å²) in [6, 6.07) is 0. The molecule has 0 bridgehead atoms. The largest absolute Gasteiger partial charge is 0.303 e. The number of hydrogen-bond acceptors (Lipinski definition) is 1. The Morgan fingerprint density at radius 1 is 1.05 bits per heavy atom. The molecule has 1 rings (SSSR count). The summed E-state index contributed by atoms with van der Waals surface area (Å²) in [5.41, 5.74) is 0. The normalized spacial score (nSPS) is 26.0. The van der Waals surface area contributed by atoms with Crippen LogP contribution in [-0.4, -0.2) is 6.29 Å². The van der Waals surface area contributed by atoms with Crippen LogP contribution < -0.4 is 0 Å². The Morgan fingerprint density at radius 3 is 1.95 bits per heavy atom. The van der Waals surface area contributed by atoms with Gasteiger partial charge in [0.25, 0.3) is 0 Å². The van der Waals surface area contributed by atoms with Gasteiger partial charge >= 0.3 is 0 Å². The fourth-order valence-electron chi connectivity index (χ4n) is 3.25. The molecule has 0 aromatic carbocycles. The zero-order chi connectivity index (χ0) is 18.0. The van der Waals surface area contributed by atoms with Crippen molar-refractivity contribution in [1.82, 2.24) is 0 Å². The summed E-state index contributed by atoms with van der Waals surface area (Å²) in [4.78, 5) is 10.4. The first-order valence-electron chi connectivity index (χ1n) is 9.61. The van der Waals surface area contributed by atoms with Gasteiger partial charge in [0.1, 0.15) is 6.29 Å². The third-order valence-corrected chi connectivity index (χ3v) is 4.33. The van der Waals surface area contributed by atoms with Crippen molar-refractivity contribution in [2.45, 2.75) is 93.9 Å². The van der Waals surface area contributed by atoms with Gasteiger partial charge in [-0.2, -0.15) is 0 Å². The molecule has 1 heteroatoms. The van der Waals surface area contributed by atoms with Crippen LogP contribution in [0.3, 0.4) is 0 Å². The molecule has 0 saturated heterocycles. The lowest BCUT2D eigenvalue weighted by molar-refractivity contribution is -0.108. The van der Waals surface area contributed by atoms with Gasteiger partial charge < -0.3 is 4.79 Å². The van der Waals surface area contributed by atoms with E-state index >= 15 is 0 Å². The fraction of sp³-hybridized carbons (Fsp3) is 0.857. The minimum atomic E-state index is 0.764. The van der Waals surface area contributed by atoms with Crippen LogP contribution in [0.1, 0.15) is 93.9 Å². The predicted octanol–water partition coefficient (Wildman–Crippen LogP) is 7.31. The molecule has 0 aromatic rings. The predicted molar refractivity (Wildman–Crippen MR) is 103 cm³/mol. The lowest BCUT2D eigenvalue weighted by Crippen LogP contribution is -2.29. The second kappa shape index (κ2) is 20.4. The Labute approximate surface area is 142 Å². The number of hydrogen-bond donors (Lipinski definition) is 0. The van der Waals surface area contributed by atoms with Crippen molar-refractivity contribution in [3.05, 3.63) is 12.7 Å². The minimum absolute atomic E-state index is 0.764. The molecule has 1 aliphatic carbocycles. The Morgan fingerprint density at radius 2 is 1.55 bits per heavy atom. The molecule has 0 heterocycles. The maximum atomic E-state index is 10.4. The Balaban J connectivity index is -0.000000446. The van der Waals surface area contributed by atoms with Gasteiger partial charge in [-0.1, -0.05) is 67.4 Å². The monoisotopic (exact) mass is 312 g/mol. The minimum Gasteiger partial charge on any atom is -0.303 e. The highest BCUT2D eigenvalue weighted by atomic mass is 16.1. The van der Waals surface area contributed by atoms with Gasteiger partial charge in [0, 0.05) is 6.42 Å².